The highest BCUT2D eigenvalue weighted by atomic mass is 19.1. The molecule has 1 aliphatic rings. The van der Waals surface area contributed by atoms with Gasteiger partial charge in [-0.2, -0.15) is 0 Å². The first-order chi connectivity index (χ1) is 11.1. The molecule has 0 radical (unpaired) electrons. The second-order valence-corrected chi connectivity index (χ2v) is 5.81. The van der Waals surface area contributed by atoms with Crippen LogP contribution in [0.15, 0.2) is 54.6 Å². The quantitative estimate of drug-likeness (QED) is 0.888. The molecule has 1 saturated heterocycles. The molecule has 0 spiro atoms. The molecule has 1 heterocycles. The number of benzene rings is 2. The Morgan fingerprint density at radius 2 is 1.96 bits per heavy atom. The van der Waals surface area contributed by atoms with Crippen molar-refractivity contribution in [2.75, 3.05) is 18.0 Å². The Hall–Kier alpha value is -2.24. The van der Waals surface area contributed by atoms with Crippen LogP contribution in [0.3, 0.4) is 0 Å². The van der Waals surface area contributed by atoms with E-state index >= 15 is 0 Å². The Morgan fingerprint density at radius 1 is 1.17 bits per heavy atom. The van der Waals surface area contributed by atoms with Crippen LogP contribution in [0.2, 0.25) is 0 Å². The van der Waals surface area contributed by atoms with Crippen LogP contribution >= 0.6 is 0 Å². The molecule has 0 aliphatic carbocycles. The number of carbonyl (C=O) groups excluding carboxylic acids is 1. The van der Waals surface area contributed by atoms with Crippen molar-refractivity contribution in [2.24, 2.45) is 0 Å². The van der Waals surface area contributed by atoms with Gasteiger partial charge >= 0.3 is 0 Å². The summed E-state index contributed by atoms with van der Waals surface area (Å²) in [7, 11) is 0. The van der Waals surface area contributed by atoms with E-state index in [9.17, 15) is 14.3 Å². The van der Waals surface area contributed by atoms with Crippen molar-refractivity contribution in [1.82, 2.24) is 5.32 Å². The highest BCUT2D eigenvalue weighted by molar-refractivity contribution is 6.01. The summed E-state index contributed by atoms with van der Waals surface area (Å²) in [4.78, 5) is 14.1. The molecule has 0 aromatic heterocycles. The van der Waals surface area contributed by atoms with E-state index < -0.39 is 5.60 Å². The minimum absolute atomic E-state index is 0.145. The molecule has 1 fully saturated rings. The summed E-state index contributed by atoms with van der Waals surface area (Å²) in [5, 5.41) is 13.6. The van der Waals surface area contributed by atoms with Gasteiger partial charge in [0.25, 0.3) is 5.91 Å². The Balaban J connectivity index is 1.61. The summed E-state index contributed by atoms with van der Waals surface area (Å²) in [6.45, 7) is 1.03. The van der Waals surface area contributed by atoms with Gasteiger partial charge < -0.3 is 15.3 Å². The lowest BCUT2D eigenvalue weighted by Crippen LogP contribution is -2.47. The molecule has 2 N–H and O–H groups in total. The predicted molar refractivity (Wildman–Crippen MR) is 86.5 cm³/mol. The molecule has 1 unspecified atom stereocenters. The van der Waals surface area contributed by atoms with Crippen LogP contribution in [-0.4, -0.2) is 29.7 Å². The van der Waals surface area contributed by atoms with Crippen molar-refractivity contribution >= 4 is 11.6 Å². The molecular weight excluding hydrogens is 295 g/mol. The number of amides is 1. The molecule has 1 amide bonds. The first-order valence-corrected chi connectivity index (χ1v) is 7.63. The van der Waals surface area contributed by atoms with E-state index in [0.717, 1.165) is 11.3 Å². The van der Waals surface area contributed by atoms with Crippen LogP contribution in [0, 0.1) is 5.82 Å². The zero-order valence-electron chi connectivity index (χ0n) is 12.7. The highest BCUT2D eigenvalue weighted by Crippen LogP contribution is 2.27. The van der Waals surface area contributed by atoms with E-state index in [1.165, 1.54) is 12.1 Å². The molecule has 2 aromatic rings. The topological polar surface area (TPSA) is 52.6 Å². The summed E-state index contributed by atoms with van der Waals surface area (Å²) in [6, 6.07) is 15.6. The number of anilines is 1. The van der Waals surface area contributed by atoms with E-state index in [1.807, 2.05) is 30.3 Å². The van der Waals surface area contributed by atoms with Gasteiger partial charge in [-0.25, -0.2) is 4.39 Å². The molecule has 0 bridgehead atoms. The maximum absolute atomic E-state index is 13.1. The van der Waals surface area contributed by atoms with Gasteiger partial charge in [-0.05, 0) is 29.8 Å². The molecule has 23 heavy (non-hydrogen) atoms. The fraction of sp³-hybridized carbons (Fsp3) is 0.278. The lowest BCUT2D eigenvalue weighted by molar-refractivity contribution is -0.132. The molecular formula is C18H19FN2O2. The summed E-state index contributed by atoms with van der Waals surface area (Å²) >= 11 is 0. The highest BCUT2D eigenvalue weighted by Gasteiger charge is 2.45. The molecule has 1 atom stereocenters. The van der Waals surface area contributed by atoms with Crippen molar-refractivity contribution in [3.8, 4) is 0 Å². The van der Waals surface area contributed by atoms with Gasteiger partial charge in [0, 0.05) is 31.7 Å². The van der Waals surface area contributed by atoms with Crippen LogP contribution in [0.25, 0.3) is 0 Å². The Morgan fingerprint density at radius 3 is 2.70 bits per heavy atom. The smallest absolute Gasteiger partial charge is 0.260 e. The van der Waals surface area contributed by atoms with Crippen LogP contribution in [0.4, 0.5) is 10.1 Å². The van der Waals surface area contributed by atoms with Gasteiger partial charge in [0.2, 0.25) is 0 Å². The summed E-state index contributed by atoms with van der Waals surface area (Å²) < 4.78 is 13.1. The Bertz CT molecular complexity index is 692. The lowest BCUT2D eigenvalue weighted by Gasteiger charge is -2.23. The number of hydrogen-bond donors (Lipinski definition) is 2. The van der Waals surface area contributed by atoms with E-state index in [4.69, 9.17) is 0 Å². The molecule has 0 saturated carbocycles. The molecule has 2 aromatic carbocycles. The van der Waals surface area contributed by atoms with E-state index in [1.54, 1.807) is 17.0 Å². The Labute approximate surface area is 134 Å². The number of nitrogens with one attached hydrogen (secondary N) is 1. The molecule has 1 aliphatic heterocycles. The first kappa shape index (κ1) is 15.6. The number of rotatable bonds is 5. The monoisotopic (exact) mass is 314 g/mol. The van der Waals surface area contributed by atoms with Crippen molar-refractivity contribution in [1.29, 1.82) is 0 Å². The zero-order valence-corrected chi connectivity index (χ0v) is 12.7. The Kier molecular flexibility index (Phi) is 4.41. The van der Waals surface area contributed by atoms with Gasteiger partial charge in [0.1, 0.15) is 5.82 Å². The number of halogens is 1. The SMILES string of the molecule is O=C1N(c2ccccc2)CCC1(O)CNCc1cccc(F)c1. The van der Waals surface area contributed by atoms with E-state index in [-0.39, 0.29) is 18.3 Å². The average Bonchev–Trinajstić information content (AvgIpc) is 2.84. The zero-order chi connectivity index (χ0) is 16.3. The number of nitrogens with zero attached hydrogens (tertiary/aromatic N) is 1. The third-order valence-electron chi connectivity index (χ3n) is 4.10. The predicted octanol–water partition coefficient (Wildman–Crippen LogP) is 2.08. The number of aliphatic hydroxyl groups is 1. The van der Waals surface area contributed by atoms with Crippen LogP contribution < -0.4 is 10.2 Å². The van der Waals surface area contributed by atoms with Gasteiger partial charge in [-0.3, -0.25) is 4.79 Å². The molecule has 120 valence electrons. The molecule has 5 heteroatoms. The third-order valence-corrected chi connectivity index (χ3v) is 4.10. The standard InChI is InChI=1S/C18H19FN2O2/c19-15-6-4-5-14(11-15)12-20-13-18(23)9-10-21(17(18)22)16-7-2-1-3-8-16/h1-8,11,20,23H,9-10,12-13H2. The largest absolute Gasteiger partial charge is 0.379 e. The van der Waals surface area contributed by atoms with E-state index in [0.29, 0.717) is 19.5 Å². The maximum atomic E-state index is 13.1. The minimum atomic E-state index is -1.41. The fourth-order valence-corrected chi connectivity index (χ4v) is 2.84. The summed E-state index contributed by atoms with van der Waals surface area (Å²) in [6.07, 6.45) is 0.372. The second kappa shape index (κ2) is 6.48. The lowest BCUT2D eigenvalue weighted by atomic mass is 10.0. The molecule has 4 nitrogen and oxygen atoms in total. The van der Waals surface area contributed by atoms with Crippen molar-refractivity contribution in [3.05, 3.63) is 66.0 Å². The van der Waals surface area contributed by atoms with Crippen molar-refractivity contribution < 1.29 is 14.3 Å². The molecule has 3 rings (SSSR count). The first-order valence-electron chi connectivity index (χ1n) is 7.63. The maximum Gasteiger partial charge on any atom is 0.260 e. The van der Waals surface area contributed by atoms with Crippen molar-refractivity contribution in [2.45, 2.75) is 18.6 Å². The van der Waals surface area contributed by atoms with Crippen LogP contribution in [0.5, 0.6) is 0 Å². The van der Waals surface area contributed by atoms with Crippen molar-refractivity contribution in [3.63, 3.8) is 0 Å². The van der Waals surface area contributed by atoms with Gasteiger partial charge in [-0.15, -0.1) is 0 Å². The number of para-hydroxylation sites is 1. The van der Waals surface area contributed by atoms with Gasteiger partial charge in [0.05, 0.1) is 0 Å². The van der Waals surface area contributed by atoms with Gasteiger partial charge in [0.15, 0.2) is 5.60 Å². The average molecular weight is 314 g/mol. The van der Waals surface area contributed by atoms with Crippen LogP contribution in [0.1, 0.15) is 12.0 Å². The summed E-state index contributed by atoms with van der Waals surface area (Å²) in [5.74, 6) is -0.592. The normalized spacial score (nSPS) is 21.0. The van der Waals surface area contributed by atoms with Crippen LogP contribution in [-0.2, 0) is 11.3 Å². The minimum Gasteiger partial charge on any atom is -0.379 e. The third kappa shape index (κ3) is 3.41. The summed E-state index contributed by atoms with van der Waals surface area (Å²) in [5.41, 5.74) is 0.154. The number of carbonyl (C=O) groups is 1. The van der Waals surface area contributed by atoms with E-state index in [2.05, 4.69) is 5.32 Å². The second-order valence-electron chi connectivity index (χ2n) is 5.81. The number of hydrogen-bond acceptors (Lipinski definition) is 3. The fourth-order valence-electron chi connectivity index (χ4n) is 2.84. The van der Waals surface area contributed by atoms with Gasteiger partial charge in [-0.1, -0.05) is 30.3 Å².